The summed E-state index contributed by atoms with van der Waals surface area (Å²) >= 11 is 0. The van der Waals surface area contributed by atoms with Crippen molar-refractivity contribution in [1.29, 1.82) is 0 Å². The molecule has 6 aromatic carbocycles. The van der Waals surface area contributed by atoms with Gasteiger partial charge in [-0.05, 0) is 262 Å². The molecule has 5 heteroatoms. The molecule has 6 aromatic rings. The van der Waals surface area contributed by atoms with Crippen LogP contribution >= 0.6 is 0 Å². The van der Waals surface area contributed by atoms with Crippen molar-refractivity contribution in [2.24, 2.45) is 0 Å². The molecule has 0 radical (unpaired) electrons. The highest BCUT2D eigenvalue weighted by Gasteiger charge is 2.18. The van der Waals surface area contributed by atoms with E-state index in [0.717, 1.165) is 106 Å². The second-order valence-electron chi connectivity index (χ2n) is 18.7. The van der Waals surface area contributed by atoms with Crippen molar-refractivity contribution in [2.75, 3.05) is 35.5 Å². The monoisotopic (exact) mass is 873 g/mol. The maximum Gasteiger partial charge on any atom is 0.122 e. The van der Waals surface area contributed by atoms with Crippen LogP contribution in [0.1, 0.15) is 106 Å². The Bertz CT molecular complexity index is 2670. The molecule has 12 bridgehead atoms. The third kappa shape index (κ3) is 10.9. The number of aryl methyl sites for hydroxylation is 19. The fraction of sp³-hybridized carbons (Fsp3) is 0.400. The minimum absolute atomic E-state index is 0.887. The first-order valence-electron chi connectivity index (χ1n) is 23.7. The highest BCUT2D eigenvalue weighted by molar-refractivity contribution is 5.50. The van der Waals surface area contributed by atoms with Crippen LogP contribution in [0.25, 0.3) is 0 Å². The zero-order valence-electron chi connectivity index (χ0n) is 41.5. The molecule has 0 fully saturated rings. The lowest BCUT2D eigenvalue weighted by Crippen LogP contribution is -2.05. The Morgan fingerprint density at radius 2 is 0.323 bits per heavy atom. The van der Waals surface area contributed by atoms with Gasteiger partial charge in [0.2, 0.25) is 0 Å². The number of hydrogen-bond donors (Lipinski definition) is 0. The molecule has 0 N–H and O–H groups in total. The fourth-order valence-corrected chi connectivity index (χ4v) is 10.3. The molecule has 0 aliphatic heterocycles. The van der Waals surface area contributed by atoms with Crippen molar-refractivity contribution >= 4 is 0 Å². The van der Waals surface area contributed by atoms with E-state index in [9.17, 15) is 0 Å². The van der Waals surface area contributed by atoms with Crippen LogP contribution in [-0.2, 0) is 77.0 Å². The van der Waals surface area contributed by atoms with Gasteiger partial charge in [0.1, 0.15) is 28.7 Å². The van der Waals surface area contributed by atoms with Crippen molar-refractivity contribution in [3.05, 3.63) is 179 Å². The van der Waals surface area contributed by atoms with E-state index < -0.39 is 0 Å². The van der Waals surface area contributed by atoms with Gasteiger partial charge in [0.05, 0.1) is 35.5 Å². The lowest BCUT2D eigenvalue weighted by atomic mass is 9.90. The maximum absolute atomic E-state index is 6.04. The topological polar surface area (TPSA) is 46.2 Å². The van der Waals surface area contributed by atoms with E-state index in [4.69, 9.17) is 23.7 Å². The lowest BCUT2D eigenvalue weighted by Gasteiger charge is -2.18. The molecule has 16 aliphatic rings. The molecular formula is C60H72O5. The summed E-state index contributed by atoms with van der Waals surface area (Å²) in [4.78, 5) is 0. The van der Waals surface area contributed by atoms with E-state index in [-0.39, 0.29) is 0 Å². The molecule has 22 rings (SSSR count). The van der Waals surface area contributed by atoms with Gasteiger partial charge in [-0.25, -0.2) is 0 Å². The van der Waals surface area contributed by atoms with Gasteiger partial charge < -0.3 is 23.7 Å². The summed E-state index contributed by atoms with van der Waals surface area (Å²) in [7, 11) is 9.00. The van der Waals surface area contributed by atoms with Crippen LogP contribution in [0.15, 0.2) is 72.8 Å². The Hall–Kier alpha value is -5.68. The Morgan fingerprint density at radius 1 is 0.200 bits per heavy atom. The second kappa shape index (κ2) is 21.1. The first-order chi connectivity index (χ1) is 31.3. The molecule has 0 saturated carbocycles. The van der Waals surface area contributed by atoms with E-state index in [0.29, 0.717) is 0 Å². The Morgan fingerprint density at radius 3 is 0.477 bits per heavy atom. The molecular weight excluding hydrogens is 801 g/mol. The lowest BCUT2D eigenvalue weighted by molar-refractivity contribution is 0.407. The van der Waals surface area contributed by atoms with Crippen molar-refractivity contribution in [2.45, 2.75) is 126 Å². The Labute approximate surface area is 390 Å². The largest absolute Gasteiger partial charge is 0.496 e. The second-order valence-corrected chi connectivity index (χ2v) is 18.7. The first kappa shape index (κ1) is 47.3. The van der Waals surface area contributed by atoms with Crippen molar-refractivity contribution in [3.63, 3.8) is 0 Å². The first-order valence-corrected chi connectivity index (χ1v) is 23.7. The van der Waals surface area contributed by atoms with Gasteiger partial charge in [-0.2, -0.15) is 0 Å². The summed E-state index contributed by atoms with van der Waals surface area (Å²) in [6.45, 7) is 15.7. The molecule has 65 heavy (non-hydrogen) atoms. The molecule has 0 saturated heterocycles. The van der Waals surface area contributed by atoms with Gasteiger partial charge in [0, 0.05) is 0 Å². The number of methoxy groups -OCH3 is 5. The smallest absolute Gasteiger partial charge is 0.122 e. The quantitative estimate of drug-likeness (QED) is 0.173. The molecule has 0 unspecified atom stereocenters. The van der Waals surface area contributed by atoms with Crippen molar-refractivity contribution < 1.29 is 23.7 Å². The standard InChI is InChI=1S/C60H72O5/c1-37-26-45-16-21-52-30-42(6)49(35-59(52)64-11)19-24-55-31-43(7)50(36-60(55)65-12)18-23-54-28-40(4)47(33-57(54)62-9)14-13-46-32-56(61-8)53(27-39(46)3)22-17-48-34-58(63-10)51(29-41(48)5)20-15-44(37)25-38(45)2/h25-36H,13-24H2,1-12H3. The molecule has 342 valence electrons. The molecule has 0 aromatic heterocycles. The van der Waals surface area contributed by atoms with E-state index in [1.165, 1.54) is 106 Å². The average molecular weight is 873 g/mol. The molecule has 0 heterocycles. The molecule has 0 amide bonds. The predicted molar refractivity (Wildman–Crippen MR) is 269 cm³/mol. The van der Waals surface area contributed by atoms with Crippen LogP contribution in [0.5, 0.6) is 28.7 Å². The summed E-state index contributed by atoms with van der Waals surface area (Å²) in [6, 6.07) is 27.9. The minimum atomic E-state index is 0.887. The summed E-state index contributed by atoms with van der Waals surface area (Å²) < 4.78 is 30.2. The highest BCUT2D eigenvalue weighted by atomic mass is 16.5. The third-order valence-electron chi connectivity index (χ3n) is 14.5. The summed E-state index contributed by atoms with van der Waals surface area (Å²) in [5.74, 6) is 4.83. The van der Waals surface area contributed by atoms with Crippen molar-refractivity contribution in [3.8, 4) is 28.7 Å². The Balaban J connectivity index is 1.21. The van der Waals surface area contributed by atoms with Gasteiger partial charge in [0.15, 0.2) is 0 Å². The predicted octanol–water partition coefficient (Wildman–Crippen LogP) is 12.9. The van der Waals surface area contributed by atoms with Crippen LogP contribution in [0.3, 0.4) is 0 Å². The van der Waals surface area contributed by atoms with Crippen LogP contribution in [-0.4, -0.2) is 35.5 Å². The number of benzene rings is 6. The minimum Gasteiger partial charge on any atom is -0.496 e. The van der Waals surface area contributed by atoms with Gasteiger partial charge in [-0.3, -0.25) is 0 Å². The van der Waals surface area contributed by atoms with E-state index in [2.05, 4.69) is 121 Å². The SMILES string of the molecule is COc1cc2c(C)cc1CCc1cc(OC)c(cc1C)CCc1cc(C)c(cc1C)CCc1cc(C)c(cc1OC)CCc1cc(C)c(cc1OC)CCc1cc(C)c(cc1OC)CC2. The van der Waals surface area contributed by atoms with Gasteiger partial charge >= 0.3 is 0 Å². The van der Waals surface area contributed by atoms with Crippen LogP contribution in [0.4, 0.5) is 0 Å². The van der Waals surface area contributed by atoms with E-state index in [1.807, 2.05) is 0 Å². The molecule has 0 atom stereocenters. The van der Waals surface area contributed by atoms with Gasteiger partial charge in [0.25, 0.3) is 0 Å². The molecule has 16 aliphatic carbocycles. The van der Waals surface area contributed by atoms with Crippen LogP contribution < -0.4 is 23.7 Å². The third-order valence-corrected chi connectivity index (χ3v) is 14.5. The summed E-state index contributed by atoms with van der Waals surface area (Å²) in [6.07, 6.45) is 11.0. The van der Waals surface area contributed by atoms with Crippen LogP contribution in [0.2, 0.25) is 0 Å². The van der Waals surface area contributed by atoms with E-state index >= 15 is 0 Å². The summed E-state index contributed by atoms with van der Waals surface area (Å²) in [5, 5.41) is 0. The summed E-state index contributed by atoms with van der Waals surface area (Å²) in [5.41, 5.74) is 24.8. The number of hydrogen-bond acceptors (Lipinski definition) is 5. The highest BCUT2D eigenvalue weighted by Crippen LogP contribution is 2.34. The zero-order chi connectivity index (χ0) is 46.4. The normalized spacial score (nSPS) is 13.7. The molecule has 5 nitrogen and oxygen atoms in total. The number of rotatable bonds is 5. The number of ether oxygens (including phenoxy) is 5. The van der Waals surface area contributed by atoms with E-state index in [1.54, 1.807) is 35.5 Å². The van der Waals surface area contributed by atoms with Crippen molar-refractivity contribution in [1.82, 2.24) is 0 Å². The van der Waals surface area contributed by atoms with Gasteiger partial charge in [-0.1, -0.05) is 42.5 Å². The average Bonchev–Trinajstić information content (AvgIpc) is 3.29. The Kier molecular flexibility index (Phi) is 15.3. The fourth-order valence-electron chi connectivity index (χ4n) is 10.3. The molecule has 0 spiro atoms. The maximum atomic E-state index is 6.04. The van der Waals surface area contributed by atoms with Crippen LogP contribution in [0, 0.1) is 48.5 Å². The zero-order valence-corrected chi connectivity index (χ0v) is 41.5. The van der Waals surface area contributed by atoms with Gasteiger partial charge in [-0.15, -0.1) is 0 Å².